The third kappa shape index (κ3) is 2.69. The van der Waals surface area contributed by atoms with Crippen LogP contribution in [-0.2, 0) is 0 Å². The van der Waals surface area contributed by atoms with E-state index in [-0.39, 0.29) is 5.91 Å². The highest BCUT2D eigenvalue weighted by Gasteiger charge is 2.12. The van der Waals surface area contributed by atoms with Crippen molar-refractivity contribution in [3.05, 3.63) is 50.1 Å². The summed E-state index contributed by atoms with van der Waals surface area (Å²) in [6.45, 7) is 0. The van der Waals surface area contributed by atoms with E-state index in [0.29, 0.717) is 15.6 Å². The Morgan fingerprint density at radius 2 is 2.05 bits per heavy atom. The zero-order chi connectivity index (χ0) is 13.4. The number of amides is 1. The van der Waals surface area contributed by atoms with Crippen molar-refractivity contribution in [3.63, 3.8) is 0 Å². The van der Waals surface area contributed by atoms with Crippen molar-refractivity contribution in [1.82, 2.24) is 0 Å². The van der Waals surface area contributed by atoms with Crippen LogP contribution in [0.2, 0.25) is 5.02 Å². The van der Waals surface area contributed by atoms with Gasteiger partial charge in [-0.1, -0.05) is 27.5 Å². The van der Waals surface area contributed by atoms with Crippen molar-refractivity contribution in [2.75, 3.05) is 5.32 Å². The van der Waals surface area contributed by atoms with Gasteiger partial charge in [0.25, 0.3) is 5.91 Å². The third-order valence-electron chi connectivity index (χ3n) is 2.54. The molecule has 0 saturated carbocycles. The summed E-state index contributed by atoms with van der Waals surface area (Å²) in [6, 6.07) is 9.29. The Balaban J connectivity index is 1.88. The van der Waals surface area contributed by atoms with Crippen LogP contribution >= 0.6 is 50.2 Å². The lowest BCUT2D eigenvalue weighted by Gasteiger charge is -2.06. The molecule has 2 aromatic heterocycles. The molecule has 2 nitrogen and oxygen atoms in total. The zero-order valence-corrected chi connectivity index (χ0v) is 13.4. The molecule has 0 aliphatic heterocycles. The minimum absolute atomic E-state index is 0.131. The molecule has 3 rings (SSSR count). The SMILES string of the molecule is O=C(Nc1cc(Br)ccc1Cl)c1cc2sccc2s1. The van der Waals surface area contributed by atoms with Gasteiger partial charge in [-0.25, -0.2) is 0 Å². The smallest absolute Gasteiger partial charge is 0.265 e. The van der Waals surface area contributed by atoms with Gasteiger partial charge in [0.05, 0.1) is 15.6 Å². The molecule has 96 valence electrons. The Labute approximate surface area is 131 Å². The molecule has 0 saturated heterocycles. The van der Waals surface area contributed by atoms with Gasteiger partial charge in [0, 0.05) is 13.9 Å². The molecule has 0 spiro atoms. The first-order valence-corrected chi connectivity index (χ1v) is 8.23. The fourth-order valence-corrected chi connectivity index (χ4v) is 4.18. The molecule has 2 heterocycles. The average Bonchev–Trinajstić information content (AvgIpc) is 2.94. The van der Waals surface area contributed by atoms with Crippen LogP contribution in [0.1, 0.15) is 9.67 Å². The number of nitrogens with one attached hydrogen (secondary N) is 1. The van der Waals surface area contributed by atoms with E-state index in [1.807, 2.05) is 23.6 Å². The lowest BCUT2D eigenvalue weighted by atomic mass is 10.3. The Bertz CT molecular complexity index is 736. The summed E-state index contributed by atoms with van der Waals surface area (Å²) in [4.78, 5) is 12.9. The number of hydrogen-bond donors (Lipinski definition) is 1. The number of rotatable bonds is 2. The van der Waals surface area contributed by atoms with E-state index < -0.39 is 0 Å². The summed E-state index contributed by atoms with van der Waals surface area (Å²) in [6.07, 6.45) is 0. The maximum absolute atomic E-state index is 12.2. The first kappa shape index (κ1) is 13.1. The number of anilines is 1. The van der Waals surface area contributed by atoms with E-state index in [1.165, 1.54) is 11.3 Å². The molecule has 19 heavy (non-hydrogen) atoms. The first-order valence-electron chi connectivity index (χ1n) is 5.37. The molecular weight excluding hydrogens is 366 g/mol. The summed E-state index contributed by atoms with van der Waals surface area (Å²) >= 11 is 12.5. The molecule has 0 unspecified atom stereocenters. The largest absolute Gasteiger partial charge is 0.320 e. The predicted molar refractivity (Wildman–Crippen MR) is 86.8 cm³/mol. The number of thiophene rings is 2. The Morgan fingerprint density at radius 3 is 2.84 bits per heavy atom. The number of benzene rings is 1. The Morgan fingerprint density at radius 1 is 1.21 bits per heavy atom. The van der Waals surface area contributed by atoms with Gasteiger partial charge in [0.1, 0.15) is 0 Å². The topological polar surface area (TPSA) is 29.1 Å². The van der Waals surface area contributed by atoms with Gasteiger partial charge >= 0.3 is 0 Å². The highest BCUT2D eigenvalue weighted by atomic mass is 79.9. The van der Waals surface area contributed by atoms with E-state index >= 15 is 0 Å². The molecule has 1 amide bonds. The molecule has 1 aromatic carbocycles. The molecule has 0 aliphatic rings. The van der Waals surface area contributed by atoms with Crippen LogP contribution in [0.4, 0.5) is 5.69 Å². The van der Waals surface area contributed by atoms with Crippen molar-refractivity contribution in [2.45, 2.75) is 0 Å². The molecule has 0 bridgehead atoms. The number of carbonyl (C=O) groups excluding carboxylic acids is 1. The van der Waals surface area contributed by atoms with E-state index in [2.05, 4.69) is 21.2 Å². The molecule has 0 atom stereocenters. The molecular formula is C13H7BrClNOS2. The molecule has 3 aromatic rings. The van der Waals surface area contributed by atoms with Crippen molar-refractivity contribution < 1.29 is 4.79 Å². The lowest BCUT2D eigenvalue weighted by molar-refractivity contribution is 0.103. The van der Waals surface area contributed by atoms with Crippen LogP contribution < -0.4 is 5.32 Å². The van der Waals surface area contributed by atoms with Crippen molar-refractivity contribution in [2.24, 2.45) is 0 Å². The summed E-state index contributed by atoms with van der Waals surface area (Å²) in [7, 11) is 0. The highest BCUT2D eigenvalue weighted by Crippen LogP contribution is 2.31. The quantitative estimate of drug-likeness (QED) is 0.620. The van der Waals surface area contributed by atoms with Gasteiger partial charge < -0.3 is 5.32 Å². The maximum Gasteiger partial charge on any atom is 0.265 e. The zero-order valence-electron chi connectivity index (χ0n) is 9.44. The van der Waals surface area contributed by atoms with Crippen LogP contribution in [0.15, 0.2) is 40.2 Å². The molecule has 0 fully saturated rings. The van der Waals surface area contributed by atoms with Crippen molar-refractivity contribution in [1.29, 1.82) is 0 Å². The second-order valence-electron chi connectivity index (χ2n) is 3.84. The summed E-state index contributed by atoms with van der Waals surface area (Å²) in [5.41, 5.74) is 0.609. The van der Waals surface area contributed by atoms with Gasteiger partial charge in [-0.05, 0) is 35.7 Å². The summed E-state index contributed by atoms with van der Waals surface area (Å²) < 4.78 is 3.14. The molecule has 0 aliphatic carbocycles. The normalized spacial score (nSPS) is 10.8. The summed E-state index contributed by atoms with van der Waals surface area (Å²) in [5, 5.41) is 5.38. The van der Waals surface area contributed by atoms with E-state index in [9.17, 15) is 4.79 Å². The molecule has 6 heteroatoms. The second-order valence-corrected chi connectivity index (χ2v) is 7.19. The van der Waals surface area contributed by atoms with Crippen molar-refractivity contribution >= 4 is 71.2 Å². The standard InChI is InChI=1S/C13H7BrClNOS2/c14-7-1-2-8(15)9(5-7)16-13(17)12-6-11-10(19-12)3-4-18-11/h1-6H,(H,16,17). The highest BCUT2D eigenvalue weighted by molar-refractivity contribution is 9.10. The van der Waals surface area contributed by atoms with Gasteiger partial charge in [0.15, 0.2) is 0 Å². The second kappa shape index (κ2) is 5.25. The lowest BCUT2D eigenvalue weighted by Crippen LogP contribution is -2.10. The minimum atomic E-state index is -0.131. The van der Waals surface area contributed by atoms with E-state index in [1.54, 1.807) is 23.5 Å². The minimum Gasteiger partial charge on any atom is -0.320 e. The van der Waals surface area contributed by atoms with E-state index in [4.69, 9.17) is 11.6 Å². The van der Waals surface area contributed by atoms with Crippen LogP contribution in [0.5, 0.6) is 0 Å². The van der Waals surface area contributed by atoms with Gasteiger partial charge in [-0.15, -0.1) is 22.7 Å². The number of carbonyl (C=O) groups is 1. The molecule has 1 N–H and O–H groups in total. The predicted octanol–water partition coefficient (Wildman–Crippen LogP) is 5.63. The van der Waals surface area contributed by atoms with E-state index in [0.717, 1.165) is 13.9 Å². The number of hydrogen-bond acceptors (Lipinski definition) is 3. The van der Waals surface area contributed by atoms with Gasteiger partial charge in [-0.3, -0.25) is 4.79 Å². The van der Waals surface area contributed by atoms with Crippen LogP contribution in [-0.4, -0.2) is 5.91 Å². The number of fused-ring (bicyclic) bond motifs is 1. The number of halogens is 2. The Kier molecular flexibility index (Phi) is 3.62. The fraction of sp³-hybridized carbons (Fsp3) is 0. The van der Waals surface area contributed by atoms with Crippen LogP contribution in [0.3, 0.4) is 0 Å². The average molecular weight is 373 g/mol. The maximum atomic E-state index is 12.2. The summed E-state index contributed by atoms with van der Waals surface area (Å²) in [5.74, 6) is -0.131. The van der Waals surface area contributed by atoms with Gasteiger partial charge in [-0.2, -0.15) is 0 Å². The van der Waals surface area contributed by atoms with Crippen LogP contribution in [0.25, 0.3) is 9.40 Å². The first-order chi connectivity index (χ1) is 9.13. The monoisotopic (exact) mass is 371 g/mol. The Hall–Kier alpha value is -0.880. The van der Waals surface area contributed by atoms with Crippen molar-refractivity contribution in [3.8, 4) is 0 Å². The fourth-order valence-electron chi connectivity index (χ4n) is 1.65. The molecule has 0 radical (unpaired) electrons. The van der Waals surface area contributed by atoms with Gasteiger partial charge in [0.2, 0.25) is 0 Å². The van der Waals surface area contributed by atoms with Crippen LogP contribution in [0, 0.1) is 0 Å². The third-order valence-corrected chi connectivity index (χ3v) is 5.45.